The summed E-state index contributed by atoms with van der Waals surface area (Å²) in [5.41, 5.74) is 1.89. The molecule has 1 aromatic heterocycles. The van der Waals surface area contributed by atoms with Crippen molar-refractivity contribution in [1.82, 2.24) is 4.57 Å². The normalized spacial score (nSPS) is 11.6. The molecule has 3 rings (SSSR count). The fourth-order valence-corrected chi connectivity index (χ4v) is 4.15. The quantitative estimate of drug-likeness (QED) is 0.368. The number of aromatic nitrogens is 1. The Hall–Kier alpha value is -2.64. The molecule has 0 aliphatic carbocycles. The van der Waals surface area contributed by atoms with E-state index in [4.69, 9.17) is 4.74 Å². The van der Waals surface area contributed by atoms with E-state index in [0.717, 1.165) is 15.1 Å². The number of hydrogen-bond donors (Lipinski definition) is 0. The van der Waals surface area contributed by atoms with E-state index < -0.39 is 5.97 Å². The summed E-state index contributed by atoms with van der Waals surface area (Å²) in [6.45, 7) is 4.29. The number of allylic oxidation sites excluding steroid dienone is 1. The van der Waals surface area contributed by atoms with Gasteiger partial charge in [-0.15, -0.1) is 18.3 Å². The van der Waals surface area contributed by atoms with Crippen molar-refractivity contribution in [3.8, 4) is 0 Å². The Kier molecular flexibility index (Phi) is 5.93. The topological polar surface area (TPSA) is 60.7 Å². The average Bonchev–Trinajstić information content (AvgIpc) is 3.04. The standard InChI is InChI=1S/C20H18N2O3S2/c1-4-10-22-16-9-8-14(19(24)25-2)12-17(16)27-20(22)21-18(23)13-6-5-7-15(11-13)26-3/h4-9,11-12H,1,10H2,2-3H3. The lowest BCUT2D eigenvalue weighted by Gasteiger charge is -2.03. The molecule has 0 unspecified atom stereocenters. The van der Waals surface area contributed by atoms with Crippen LogP contribution in [-0.2, 0) is 11.3 Å². The first-order valence-corrected chi connectivity index (χ1v) is 10.2. The molecule has 1 amide bonds. The van der Waals surface area contributed by atoms with Gasteiger partial charge in [0, 0.05) is 17.0 Å². The highest BCUT2D eigenvalue weighted by Gasteiger charge is 2.12. The molecule has 7 heteroatoms. The van der Waals surface area contributed by atoms with Crippen molar-refractivity contribution in [2.24, 2.45) is 4.99 Å². The molecule has 0 saturated carbocycles. The first-order chi connectivity index (χ1) is 13.1. The number of hydrogen-bond acceptors (Lipinski definition) is 5. The zero-order chi connectivity index (χ0) is 19.4. The van der Waals surface area contributed by atoms with Gasteiger partial charge in [-0.25, -0.2) is 4.79 Å². The van der Waals surface area contributed by atoms with Crippen molar-refractivity contribution in [2.75, 3.05) is 13.4 Å². The summed E-state index contributed by atoms with van der Waals surface area (Å²) in [5.74, 6) is -0.701. The van der Waals surface area contributed by atoms with Crippen LogP contribution in [0.3, 0.4) is 0 Å². The Bertz CT molecular complexity index is 1100. The number of amides is 1. The molecule has 0 N–H and O–H groups in total. The second-order valence-corrected chi connectivity index (χ2v) is 7.50. The van der Waals surface area contributed by atoms with Crippen molar-refractivity contribution >= 4 is 45.2 Å². The summed E-state index contributed by atoms with van der Waals surface area (Å²) < 4.78 is 7.54. The summed E-state index contributed by atoms with van der Waals surface area (Å²) in [6.07, 6.45) is 3.71. The number of carbonyl (C=O) groups is 2. The predicted molar refractivity (Wildman–Crippen MR) is 109 cm³/mol. The third kappa shape index (κ3) is 4.04. The number of rotatable bonds is 5. The van der Waals surface area contributed by atoms with Crippen molar-refractivity contribution in [2.45, 2.75) is 11.4 Å². The van der Waals surface area contributed by atoms with Crippen LogP contribution in [0, 0.1) is 0 Å². The maximum absolute atomic E-state index is 12.7. The van der Waals surface area contributed by atoms with Crippen LogP contribution in [0.25, 0.3) is 10.2 Å². The largest absolute Gasteiger partial charge is 0.465 e. The van der Waals surface area contributed by atoms with Crippen LogP contribution in [0.15, 0.2) is 65.0 Å². The third-order valence-corrected chi connectivity index (χ3v) is 5.70. The molecule has 0 atom stereocenters. The minimum atomic E-state index is -0.399. The van der Waals surface area contributed by atoms with Crippen LogP contribution in [0.1, 0.15) is 20.7 Å². The third-order valence-electron chi connectivity index (χ3n) is 3.93. The van der Waals surface area contributed by atoms with Crippen LogP contribution < -0.4 is 4.80 Å². The van der Waals surface area contributed by atoms with E-state index in [0.29, 0.717) is 22.5 Å². The molecule has 3 aromatic rings. The lowest BCUT2D eigenvalue weighted by molar-refractivity contribution is 0.0601. The summed E-state index contributed by atoms with van der Waals surface area (Å²) in [4.78, 5) is 30.3. The van der Waals surface area contributed by atoms with E-state index in [-0.39, 0.29) is 5.91 Å². The Morgan fingerprint density at radius 3 is 2.78 bits per heavy atom. The van der Waals surface area contributed by atoms with E-state index in [2.05, 4.69) is 11.6 Å². The lowest BCUT2D eigenvalue weighted by Crippen LogP contribution is -2.16. The van der Waals surface area contributed by atoms with Gasteiger partial charge < -0.3 is 9.30 Å². The van der Waals surface area contributed by atoms with Gasteiger partial charge in [0.05, 0.1) is 22.9 Å². The first-order valence-electron chi connectivity index (χ1n) is 8.13. The molecular formula is C20H18N2O3S2. The second kappa shape index (κ2) is 8.37. The second-order valence-electron chi connectivity index (χ2n) is 5.61. The van der Waals surface area contributed by atoms with Gasteiger partial charge in [-0.05, 0) is 42.7 Å². The molecule has 0 radical (unpaired) electrons. The molecule has 138 valence electrons. The van der Waals surface area contributed by atoms with Crippen LogP contribution in [-0.4, -0.2) is 29.8 Å². The van der Waals surface area contributed by atoms with Gasteiger partial charge in [0.25, 0.3) is 5.91 Å². The molecular weight excluding hydrogens is 380 g/mol. The zero-order valence-electron chi connectivity index (χ0n) is 15.0. The number of thioether (sulfide) groups is 1. The molecule has 0 aliphatic rings. The van der Waals surface area contributed by atoms with Crippen molar-refractivity contribution in [3.63, 3.8) is 0 Å². The van der Waals surface area contributed by atoms with E-state index in [1.54, 1.807) is 36.0 Å². The molecule has 0 aliphatic heterocycles. The summed E-state index contributed by atoms with van der Waals surface area (Å²) in [5, 5.41) is 0. The van der Waals surface area contributed by atoms with Gasteiger partial charge >= 0.3 is 5.97 Å². The van der Waals surface area contributed by atoms with Crippen molar-refractivity contribution in [3.05, 3.63) is 71.0 Å². The van der Waals surface area contributed by atoms with Gasteiger partial charge in [0.1, 0.15) is 0 Å². The molecule has 27 heavy (non-hydrogen) atoms. The lowest BCUT2D eigenvalue weighted by atomic mass is 10.2. The number of carbonyl (C=O) groups excluding carboxylic acids is 2. The summed E-state index contributed by atoms with van der Waals surface area (Å²) in [6, 6.07) is 12.7. The average molecular weight is 399 g/mol. The SMILES string of the molecule is C=CCn1c(=NC(=O)c2cccc(SC)c2)sc2cc(C(=O)OC)ccc21. The number of thiazole rings is 1. The van der Waals surface area contributed by atoms with Crippen LogP contribution >= 0.6 is 23.1 Å². The fraction of sp³-hybridized carbons (Fsp3) is 0.150. The van der Waals surface area contributed by atoms with Gasteiger partial charge in [0.15, 0.2) is 4.80 Å². The highest BCUT2D eigenvalue weighted by Crippen LogP contribution is 2.21. The van der Waals surface area contributed by atoms with E-state index in [1.807, 2.05) is 35.1 Å². The molecule has 0 bridgehead atoms. The molecule has 0 fully saturated rings. The fourth-order valence-electron chi connectivity index (χ4n) is 2.62. The summed E-state index contributed by atoms with van der Waals surface area (Å²) >= 11 is 2.93. The minimum Gasteiger partial charge on any atom is -0.465 e. The monoisotopic (exact) mass is 398 g/mol. The van der Waals surface area contributed by atoms with Crippen LogP contribution in [0.2, 0.25) is 0 Å². The number of ether oxygens (including phenoxy) is 1. The van der Waals surface area contributed by atoms with E-state index >= 15 is 0 Å². The Morgan fingerprint density at radius 2 is 2.07 bits per heavy atom. The van der Waals surface area contributed by atoms with Gasteiger partial charge in [-0.2, -0.15) is 4.99 Å². The number of fused-ring (bicyclic) bond motifs is 1. The summed E-state index contributed by atoms with van der Waals surface area (Å²) in [7, 11) is 1.35. The Balaban J connectivity index is 2.12. The minimum absolute atomic E-state index is 0.302. The maximum atomic E-state index is 12.7. The highest BCUT2D eigenvalue weighted by molar-refractivity contribution is 7.98. The molecule has 0 saturated heterocycles. The number of benzene rings is 2. The van der Waals surface area contributed by atoms with Crippen molar-refractivity contribution < 1.29 is 14.3 Å². The molecule has 1 heterocycles. The molecule has 0 spiro atoms. The zero-order valence-corrected chi connectivity index (χ0v) is 16.6. The Labute approximate surface area is 165 Å². The Morgan fingerprint density at radius 1 is 1.26 bits per heavy atom. The number of methoxy groups -OCH3 is 1. The number of nitrogens with zero attached hydrogens (tertiary/aromatic N) is 2. The molecule has 5 nitrogen and oxygen atoms in total. The molecule has 2 aromatic carbocycles. The van der Waals surface area contributed by atoms with Gasteiger partial charge in [-0.1, -0.05) is 23.5 Å². The van der Waals surface area contributed by atoms with E-state index in [1.165, 1.54) is 18.4 Å². The van der Waals surface area contributed by atoms with Crippen molar-refractivity contribution in [1.29, 1.82) is 0 Å². The number of esters is 1. The van der Waals surface area contributed by atoms with Gasteiger partial charge in [-0.3, -0.25) is 4.79 Å². The smallest absolute Gasteiger partial charge is 0.337 e. The van der Waals surface area contributed by atoms with Crippen LogP contribution in [0.5, 0.6) is 0 Å². The van der Waals surface area contributed by atoms with Gasteiger partial charge in [0.2, 0.25) is 0 Å². The maximum Gasteiger partial charge on any atom is 0.337 e. The van der Waals surface area contributed by atoms with E-state index in [9.17, 15) is 9.59 Å². The first kappa shape index (κ1) is 19.1. The predicted octanol–water partition coefficient (Wildman–Crippen LogP) is 4.14. The highest BCUT2D eigenvalue weighted by atomic mass is 32.2. The van der Waals surface area contributed by atoms with Crippen LogP contribution in [0.4, 0.5) is 0 Å².